The maximum atomic E-state index is 8.79. The lowest BCUT2D eigenvalue weighted by Gasteiger charge is -2.37. The van der Waals surface area contributed by atoms with Gasteiger partial charge in [0.25, 0.3) is 3.79 Å². The maximum absolute atomic E-state index is 8.79. The van der Waals surface area contributed by atoms with Crippen LogP contribution in [0.3, 0.4) is 0 Å². The second-order valence-corrected chi connectivity index (χ2v) is 8.61. The van der Waals surface area contributed by atoms with Crippen LogP contribution in [0.2, 0.25) is 0 Å². The van der Waals surface area contributed by atoms with Gasteiger partial charge in [0.05, 0.1) is 0 Å². The number of halogens is 6. The van der Waals surface area contributed by atoms with Crippen molar-refractivity contribution in [2.75, 3.05) is 0 Å². The lowest BCUT2D eigenvalue weighted by Crippen LogP contribution is -2.42. The topological polar surface area (TPSA) is 46.6 Å². The Morgan fingerprint density at radius 1 is 1.05 bits per heavy atom. The molecule has 2 unspecified atom stereocenters. The Hall–Kier alpha value is 0.140. The fourth-order valence-electron chi connectivity index (χ4n) is 1.65. The third kappa shape index (κ3) is 3.48. The highest BCUT2D eigenvalue weighted by Crippen LogP contribution is 2.51. The van der Waals surface area contributed by atoms with Crippen molar-refractivity contribution < 1.29 is 9.47 Å². The smallest absolute Gasteiger partial charge is 0.385 e. The van der Waals surface area contributed by atoms with Gasteiger partial charge in [-0.3, -0.25) is 0 Å². The Labute approximate surface area is 144 Å². The van der Waals surface area contributed by atoms with Crippen molar-refractivity contribution in [1.82, 2.24) is 0 Å². The first-order valence-electron chi connectivity index (χ1n) is 5.07. The number of rotatable bonds is 0. The molecule has 1 aromatic rings. The summed E-state index contributed by atoms with van der Waals surface area (Å²) in [7, 11) is 0. The highest BCUT2D eigenvalue weighted by Gasteiger charge is 2.48. The molecule has 2 rings (SSSR count). The van der Waals surface area contributed by atoms with E-state index in [1.54, 1.807) is 0 Å². The lowest BCUT2D eigenvalue weighted by atomic mass is 10.1. The van der Waals surface area contributed by atoms with Gasteiger partial charge in [-0.25, -0.2) is 0 Å². The molecule has 1 aliphatic heterocycles. The quantitative estimate of drug-likeness (QED) is 0.417. The minimum absolute atomic E-state index is 0.238. The summed E-state index contributed by atoms with van der Waals surface area (Å²) in [5, 5.41) is 8.79. The van der Waals surface area contributed by atoms with Gasteiger partial charge in [-0.05, 0) is 6.07 Å². The van der Waals surface area contributed by atoms with Crippen LogP contribution < -0.4 is 4.74 Å². The van der Waals surface area contributed by atoms with Crippen LogP contribution in [0.4, 0.5) is 5.69 Å². The first kappa shape index (κ1) is 16.5. The molecule has 10 heteroatoms. The van der Waals surface area contributed by atoms with E-state index in [1.165, 1.54) is 18.2 Å². The van der Waals surface area contributed by atoms with Crippen LogP contribution in [0.5, 0.6) is 5.75 Å². The number of benzene rings is 1. The fourth-order valence-corrected chi connectivity index (χ4v) is 2.44. The van der Waals surface area contributed by atoms with Crippen molar-refractivity contribution in [3.8, 4) is 5.75 Å². The maximum Gasteiger partial charge on any atom is 0.385 e. The normalized spacial score (nSPS) is 22.6. The first-order valence-corrected chi connectivity index (χ1v) is 7.34. The summed E-state index contributed by atoms with van der Waals surface area (Å²) in [5.74, 6) is 0.302. The minimum Gasteiger partial charge on any atom is -0.460 e. The second-order valence-electron chi connectivity index (χ2n) is 3.87. The van der Waals surface area contributed by atoms with Crippen LogP contribution in [-0.4, -0.2) is 13.9 Å². The number of hydrogen-bond donors (Lipinski definition) is 0. The molecule has 0 saturated heterocycles. The van der Waals surface area contributed by atoms with Crippen molar-refractivity contribution in [2.45, 2.75) is 20.0 Å². The average molecular weight is 398 g/mol. The largest absolute Gasteiger partial charge is 0.460 e. The van der Waals surface area contributed by atoms with Gasteiger partial charge in [0, 0.05) is 17.7 Å². The molecule has 1 aliphatic rings. The van der Waals surface area contributed by atoms with Gasteiger partial charge in [-0.1, -0.05) is 69.6 Å². The number of fused-ring (bicyclic) bond motifs is 1. The van der Waals surface area contributed by atoms with Gasteiger partial charge < -0.3 is 9.47 Å². The zero-order chi connectivity index (χ0) is 15.1. The molecule has 0 bridgehead atoms. The summed E-state index contributed by atoms with van der Waals surface area (Å²) in [5.41, 5.74) is 0.605. The van der Waals surface area contributed by atoms with Crippen molar-refractivity contribution in [1.29, 1.82) is 5.39 Å². The Bertz CT molecular complexity index is 562. The monoisotopic (exact) mass is 395 g/mol. The summed E-state index contributed by atoms with van der Waals surface area (Å²) in [6.07, 6.45) is -2.31. The lowest BCUT2D eigenvalue weighted by molar-refractivity contribution is -0.136. The molecule has 108 valence electrons. The van der Waals surface area contributed by atoms with Crippen molar-refractivity contribution in [3.05, 3.63) is 28.7 Å². The van der Waals surface area contributed by atoms with Crippen molar-refractivity contribution >= 4 is 75.3 Å². The van der Waals surface area contributed by atoms with Crippen LogP contribution in [0.15, 0.2) is 18.2 Å². The van der Waals surface area contributed by atoms with E-state index in [0.717, 1.165) is 0 Å². The van der Waals surface area contributed by atoms with Crippen molar-refractivity contribution in [3.63, 3.8) is 0 Å². The molecule has 0 aromatic heterocycles. The zero-order valence-electron chi connectivity index (χ0n) is 9.37. The summed E-state index contributed by atoms with van der Waals surface area (Å²) in [4.78, 5) is 3.04. The highest BCUT2D eigenvalue weighted by molar-refractivity contribution is 6.68. The third-order valence-electron chi connectivity index (χ3n) is 2.45. The molecule has 1 aromatic carbocycles. The van der Waals surface area contributed by atoms with Crippen LogP contribution in [0.1, 0.15) is 11.7 Å². The van der Waals surface area contributed by atoms with E-state index < -0.39 is 20.0 Å². The number of alkyl halides is 6. The summed E-state index contributed by atoms with van der Waals surface area (Å²) < 4.78 is 7.11. The number of hydrogen-bond acceptors (Lipinski definition) is 3. The minimum atomic E-state index is -1.87. The Morgan fingerprint density at radius 3 is 2.20 bits per heavy atom. The number of diazo groups is 1. The van der Waals surface area contributed by atoms with Crippen LogP contribution in [0, 0.1) is 5.39 Å². The summed E-state index contributed by atoms with van der Waals surface area (Å²) in [6, 6.07) is 4.42. The van der Waals surface area contributed by atoms with Gasteiger partial charge >= 0.3 is 5.69 Å². The molecule has 20 heavy (non-hydrogen) atoms. The first-order chi connectivity index (χ1) is 9.13. The van der Waals surface area contributed by atoms with E-state index >= 15 is 0 Å². The van der Waals surface area contributed by atoms with Gasteiger partial charge in [0.15, 0.2) is 4.98 Å². The molecule has 2 atom stereocenters. The van der Waals surface area contributed by atoms with Gasteiger partial charge in [0.1, 0.15) is 11.9 Å². The van der Waals surface area contributed by atoms with E-state index in [1.807, 2.05) is 0 Å². The van der Waals surface area contributed by atoms with E-state index in [4.69, 9.17) is 84.5 Å². The zero-order valence-corrected chi connectivity index (χ0v) is 13.9. The third-order valence-corrected chi connectivity index (χ3v) is 3.58. The van der Waals surface area contributed by atoms with Gasteiger partial charge in [-0.15, -0.1) is 0 Å². The standard InChI is InChI=1S/C10H5Cl6N2O2/c11-9(12,13)7-5-3-4(18-17)1-2-6(5)19-8(20-7)10(14,15)16/h1-3,7-8H/q+1. The second kappa shape index (κ2) is 5.73. The molecular weight excluding hydrogens is 393 g/mol. The molecule has 0 saturated carbocycles. The number of ether oxygens (including phenoxy) is 2. The van der Waals surface area contributed by atoms with E-state index in [0.29, 0.717) is 11.3 Å². The molecule has 0 amide bonds. The molecule has 0 N–H and O–H groups in total. The Morgan fingerprint density at radius 2 is 1.70 bits per heavy atom. The van der Waals surface area contributed by atoms with Crippen LogP contribution in [-0.2, 0) is 4.74 Å². The SMILES string of the molecule is N#[N+]c1ccc2c(c1)C(C(Cl)(Cl)Cl)OC(C(Cl)(Cl)Cl)O2. The average Bonchev–Trinajstić information content (AvgIpc) is 2.34. The van der Waals surface area contributed by atoms with E-state index in [-0.39, 0.29) is 5.69 Å². The fraction of sp³-hybridized carbons (Fsp3) is 0.400. The van der Waals surface area contributed by atoms with Crippen LogP contribution in [0.25, 0.3) is 4.98 Å². The molecule has 0 spiro atoms. The van der Waals surface area contributed by atoms with Crippen molar-refractivity contribution in [2.24, 2.45) is 0 Å². The predicted molar refractivity (Wildman–Crippen MR) is 80.0 cm³/mol. The molecule has 0 radical (unpaired) electrons. The van der Waals surface area contributed by atoms with E-state index in [2.05, 4.69) is 4.98 Å². The van der Waals surface area contributed by atoms with Gasteiger partial charge in [-0.2, -0.15) is 0 Å². The Balaban J connectivity index is 2.50. The molecule has 1 heterocycles. The molecular formula is C10H5Cl6N2O2+. The molecule has 0 fully saturated rings. The number of nitrogens with zero attached hydrogens (tertiary/aromatic N) is 2. The molecule has 0 aliphatic carbocycles. The van der Waals surface area contributed by atoms with E-state index in [9.17, 15) is 0 Å². The highest BCUT2D eigenvalue weighted by atomic mass is 35.6. The summed E-state index contributed by atoms with van der Waals surface area (Å²) in [6.45, 7) is 0. The Kier molecular flexibility index (Phi) is 4.73. The summed E-state index contributed by atoms with van der Waals surface area (Å²) >= 11 is 34.9. The molecule has 4 nitrogen and oxygen atoms in total. The van der Waals surface area contributed by atoms with Gasteiger partial charge in [0.2, 0.25) is 15.5 Å². The van der Waals surface area contributed by atoms with Crippen LogP contribution >= 0.6 is 69.6 Å². The predicted octanol–water partition coefficient (Wildman–Crippen LogP) is 5.69.